The van der Waals surface area contributed by atoms with Crippen molar-refractivity contribution in [1.82, 2.24) is 0 Å². The topological polar surface area (TPSA) is 72.2 Å². The smallest absolute Gasteiger partial charge is 0.236 e. The number of hydrogen-bond acceptors (Lipinski definition) is 3. The Hall–Kier alpha value is -1.85. The maximum Gasteiger partial charge on any atom is 0.236 e. The Bertz CT molecular complexity index is 694. The Morgan fingerprint density at radius 3 is 2.29 bits per heavy atom. The first kappa shape index (κ1) is 15.5. The van der Waals surface area contributed by atoms with Gasteiger partial charge in [0.05, 0.1) is 5.75 Å². The Morgan fingerprint density at radius 1 is 1.00 bits per heavy atom. The SMILES string of the molecule is CCc1ccc(NS(=O)(=O)Cc2cccc(CN)c2)cc1. The average molecular weight is 304 g/mol. The zero-order valence-corrected chi connectivity index (χ0v) is 12.9. The minimum atomic E-state index is -3.42. The summed E-state index contributed by atoms with van der Waals surface area (Å²) in [5.74, 6) is -0.0592. The highest BCUT2D eigenvalue weighted by Gasteiger charge is 2.12. The Kier molecular flexibility index (Phi) is 4.98. The van der Waals surface area contributed by atoms with Gasteiger partial charge in [0.2, 0.25) is 10.0 Å². The summed E-state index contributed by atoms with van der Waals surface area (Å²) < 4.78 is 27.0. The van der Waals surface area contributed by atoms with Gasteiger partial charge in [-0.2, -0.15) is 0 Å². The van der Waals surface area contributed by atoms with Crippen molar-refractivity contribution in [1.29, 1.82) is 0 Å². The van der Waals surface area contributed by atoms with E-state index in [1.54, 1.807) is 18.2 Å². The highest BCUT2D eigenvalue weighted by Crippen LogP contribution is 2.15. The molecule has 112 valence electrons. The maximum absolute atomic E-state index is 12.2. The van der Waals surface area contributed by atoms with Gasteiger partial charge in [-0.15, -0.1) is 0 Å². The van der Waals surface area contributed by atoms with E-state index in [1.807, 2.05) is 30.3 Å². The Morgan fingerprint density at radius 2 is 1.67 bits per heavy atom. The first-order valence-corrected chi connectivity index (χ1v) is 8.55. The zero-order valence-electron chi connectivity index (χ0n) is 12.0. The predicted molar refractivity (Wildman–Crippen MR) is 86.4 cm³/mol. The van der Waals surface area contributed by atoms with E-state index >= 15 is 0 Å². The number of hydrogen-bond donors (Lipinski definition) is 2. The van der Waals surface area contributed by atoms with Crippen LogP contribution in [0.3, 0.4) is 0 Å². The lowest BCUT2D eigenvalue weighted by Crippen LogP contribution is -2.15. The van der Waals surface area contributed by atoms with E-state index in [1.165, 1.54) is 5.56 Å². The van der Waals surface area contributed by atoms with Crippen LogP contribution < -0.4 is 10.5 Å². The van der Waals surface area contributed by atoms with Crippen molar-refractivity contribution in [2.24, 2.45) is 5.73 Å². The van der Waals surface area contributed by atoms with Gasteiger partial charge in [0, 0.05) is 12.2 Å². The van der Waals surface area contributed by atoms with E-state index in [9.17, 15) is 8.42 Å². The minimum absolute atomic E-state index is 0.0592. The summed E-state index contributed by atoms with van der Waals surface area (Å²) in [7, 11) is -3.42. The van der Waals surface area contributed by atoms with Crippen molar-refractivity contribution >= 4 is 15.7 Å². The number of rotatable bonds is 6. The van der Waals surface area contributed by atoms with Crippen LogP contribution >= 0.6 is 0 Å². The molecular weight excluding hydrogens is 284 g/mol. The zero-order chi connectivity index (χ0) is 15.3. The number of nitrogens with two attached hydrogens (primary N) is 1. The third-order valence-electron chi connectivity index (χ3n) is 3.22. The second-order valence-electron chi connectivity index (χ2n) is 4.94. The Labute approximate surface area is 126 Å². The number of anilines is 1. The van der Waals surface area contributed by atoms with Gasteiger partial charge >= 0.3 is 0 Å². The summed E-state index contributed by atoms with van der Waals surface area (Å²) in [4.78, 5) is 0. The summed E-state index contributed by atoms with van der Waals surface area (Å²) in [5.41, 5.74) is 8.99. The van der Waals surface area contributed by atoms with E-state index in [-0.39, 0.29) is 5.75 Å². The maximum atomic E-state index is 12.2. The molecule has 5 heteroatoms. The van der Waals surface area contributed by atoms with Crippen molar-refractivity contribution in [3.05, 3.63) is 65.2 Å². The summed E-state index contributed by atoms with van der Waals surface area (Å²) in [6.45, 7) is 2.46. The lowest BCUT2D eigenvalue weighted by Gasteiger charge is -2.09. The average Bonchev–Trinajstić information content (AvgIpc) is 2.47. The van der Waals surface area contributed by atoms with E-state index in [4.69, 9.17) is 5.73 Å². The van der Waals surface area contributed by atoms with Gasteiger partial charge in [-0.25, -0.2) is 8.42 Å². The molecule has 0 aromatic heterocycles. The molecule has 0 aliphatic rings. The van der Waals surface area contributed by atoms with Crippen LogP contribution in [0.2, 0.25) is 0 Å². The van der Waals surface area contributed by atoms with Crippen LogP contribution in [0.25, 0.3) is 0 Å². The van der Waals surface area contributed by atoms with E-state index < -0.39 is 10.0 Å². The van der Waals surface area contributed by atoms with Gasteiger partial charge in [-0.1, -0.05) is 43.3 Å². The molecule has 2 aromatic carbocycles. The van der Waals surface area contributed by atoms with Crippen LogP contribution in [0, 0.1) is 0 Å². The molecule has 0 aliphatic carbocycles. The van der Waals surface area contributed by atoms with Crippen molar-refractivity contribution in [3.63, 3.8) is 0 Å². The molecule has 0 aliphatic heterocycles. The molecule has 0 amide bonds. The van der Waals surface area contributed by atoms with Gasteiger partial charge in [0.1, 0.15) is 0 Å². The van der Waals surface area contributed by atoms with Crippen molar-refractivity contribution in [2.45, 2.75) is 25.6 Å². The third kappa shape index (κ3) is 4.58. The molecule has 0 unspecified atom stereocenters. The molecule has 0 saturated heterocycles. The highest BCUT2D eigenvalue weighted by atomic mass is 32.2. The minimum Gasteiger partial charge on any atom is -0.326 e. The molecule has 0 atom stereocenters. The van der Waals surface area contributed by atoms with Crippen molar-refractivity contribution < 1.29 is 8.42 Å². The molecule has 0 bridgehead atoms. The molecule has 2 rings (SSSR count). The molecule has 3 N–H and O–H groups in total. The highest BCUT2D eigenvalue weighted by molar-refractivity contribution is 7.91. The molecule has 0 saturated carbocycles. The third-order valence-corrected chi connectivity index (χ3v) is 4.48. The fourth-order valence-corrected chi connectivity index (χ4v) is 3.28. The van der Waals surface area contributed by atoms with E-state index in [2.05, 4.69) is 11.6 Å². The molecule has 0 spiro atoms. The quantitative estimate of drug-likeness (QED) is 0.861. The van der Waals surface area contributed by atoms with Gasteiger partial charge in [0.15, 0.2) is 0 Å². The molecule has 0 fully saturated rings. The van der Waals surface area contributed by atoms with Gasteiger partial charge in [-0.3, -0.25) is 4.72 Å². The van der Waals surface area contributed by atoms with Gasteiger partial charge in [-0.05, 0) is 35.2 Å². The van der Waals surface area contributed by atoms with Crippen LogP contribution in [0.1, 0.15) is 23.6 Å². The molecule has 21 heavy (non-hydrogen) atoms. The summed E-state index contributed by atoms with van der Waals surface area (Å²) >= 11 is 0. The van der Waals surface area contributed by atoms with Crippen LogP contribution in [0.5, 0.6) is 0 Å². The molecule has 4 nitrogen and oxygen atoms in total. The summed E-state index contributed by atoms with van der Waals surface area (Å²) in [6.07, 6.45) is 0.929. The van der Waals surface area contributed by atoms with Crippen LogP contribution in [0.4, 0.5) is 5.69 Å². The molecule has 0 heterocycles. The molecule has 0 radical (unpaired) electrons. The van der Waals surface area contributed by atoms with Gasteiger partial charge < -0.3 is 5.73 Å². The fourth-order valence-electron chi connectivity index (χ4n) is 2.09. The van der Waals surface area contributed by atoms with Crippen molar-refractivity contribution in [2.75, 3.05) is 4.72 Å². The number of benzene rings is 2. The standard InChI is InChI=1S/C16H20N2O2S/c1-2-13-6-8-16(9-7-13)18-21(19,20)12-15-5-3-4-14(10-15)11-17/h3-10,18H,2,11-12,17H2,1H3. The monoisotopic (exact) mass is 304 g/mol. The largest absolute Gasteiger partial charge is 0.326 e. The van der Waals surface area contributed by atoms with Gasteiger partial charge in [0.25, 0.3) is 0 Å². The number of aryl methyl sites for hydroxylation is 1. The van der Waals surface area contributed by atoms with Crippen LogP contribution in [0.15, 0.2) is 48.5 Å². The number of sulfonamides is 1. The lowest BCUT2D eigenvalue weighted by molar-refractivity contribution is 0.600. The molecule has 2 aromatic rings. The summed E-state index contributed by atoms with van der Waals surface area (Å²) in [5, 5.41) is 0. The van der Waals surface area contributed by atoms with E-state index in [0.717, 1.165) is 17.5 Å². The first-order chi connectivity index (χ1) is 10.0. The predicted octanol–water partition coefficient (Wildman–Crippen LogP) is 2.65. The van der Waals surface area contributed by atoms with E-state index in [0.29, 0.717) is 12.2 Å². The van der Waals surface area contributed by atoms with Crippen molar-refractivity contribution in [3.8, 4) is 0 Å². The molecular formula is C16H20N2O2S. The number of nitrogens with one attached hydrogen (secondary N) is 1. The Balaban J connectivity index is 2.10. The lowest BCUT2D eigenvalue weighted by atomic mass is 10.1. The second-order valence-corrected chi connectivity index (χ2v) is 6.66. The fraction of sp³-hybridized carbons (Fsp3) is 0.250. The first-order valence-electron chi connectivity index (χ1n) is 6.89. The van der Waals surface area contributed by atoms with Crippen LogP contribution in [-0.4, -0.2) is 8.42 Å². The second kappa shape index (κ2) is 6.74. The summed E-state index contributed by atoms with van der Waals surface area (Å²) in [6, 6.07) is 14.7. The normalized spacial score (nSPS) is 11.3. The van der Waals surface area contributed by atoms with Crippen LogP contribution in [-0.2, 0) is 28.7 Å².